The second-order valence-corrected chi connectivity index (χ2v) is 4.32. The molecule has 0 spiro atoms. The maximum atomic E-state index is 9.38. The fourth-order valence-corrected chi connectivity index (χ4v) is 2.02. The summed E-state index contributed by atoms with van der Waals surface area (Å²) in [6.45, 7) is 3.69. The van der Waals surface area contributed by atoms with Gasteiger partial charge in [0.05, 0.1) is 6.10 Å². The third kappa shape index (κ3) is 4.13. The third-order valence-corrected chi connectivity index (χ3v) is 3.11. The molecular formula is C10H20ClNO2. The number of rotatable bonds is 5. The Bertz CT molecular complexity index is 149. The van der Waals surface area contributed by atoms with Gasteiger partial charge in [-0.15, -0.1) is 11.6 Å². The van der Waals surface area contributed by atoms with Crippen LogP contribution in [-0.2, 0) is 4.74 Å². The van der Waals surface area contributed by atoms with Gasteiger partial charge in [0.1, 0.15) is 0 Å². The lowest BCUT2D eigenvalue weighted by atomic mass is 9.98. The SMILES string of the molecule is COCC1CCN(CC(O)CCl)CC1. The molecule has 84 valence electrons. The van der Waals surface area contributed by atoms with Gasteiger partial charge in [0.2, 0.25) is 0 Å². The number of β-amino-alcohol motifs (C(OH)–C–C–N with tert-alkyl or cyclic N) is 1. The monoisotopic (exact) mass is 221 g/mol. The number of methoxy groups -OCH3 is 1. The van der Waals surface area contributed by atoms with Crippen LogP contribution < -0.4 is 0 Å². The smallest absolute Gasteiger partial charge is 0.0802 e. The van der Waals surface area contributed by atoms with Crippen LogP contribution in [-0.4, -0.2) is 55.3 Å². The highest BCUT2D eigenvalue weighted by molar-refractivity contribution is 6.18. The Labute approximate surface area is 91.0 Å². The predicted octanol–water partition coefficient (Wildman–Crippen LogP) is 0.944. The molecule has 0 amide bonds. The maximum Gasteiger partial charge on any atom is 0.0802 e. The summed E-state index contributed by atoms with van der Waals surface area (Å²) < 4.78 is 5.13. The molecule has 1 atom stereocenters. The zero-order valence-corrected chi connectivity index (χ0v) is 9.54. The standard InChI is InChI=1S/C10H20ClNO2/c1-14-8-9-2-4-12(5-3-9)7-10(13)6-11/h9-10,13H,2-8H2,1H3. The van der Waals surface area contributed by atoms with E-state index in [-0.39, 0.29) is 6.10 Å². The van der Waals surface area contributed by atoms with Crippen molar-refractivity contribution in [3.8, 4) is 0 Å². The van der Waals surface area contributed by atoms with E-state index in [4.69, 9.17) is 16.3 Å². The van der Waals surface area contributed by atoms with Crippen LogP contribution in [0.15, 0.2) is 0 Å². The minimum Gasteiger partial charge on any atom is -0.391 e. The molecule has 0 aromatic rings. The highest BCUT2D eigenvalue weighted by Gasteiger charge is 2.20. The number of hydrogen-bond acceptors (Lipinski definition) is 3. The molecule has 0 bridgehead atoms. The number of halogens is 1. The summed E-state index contributed by atoms with van der Waals surface area (Å²) in [4.78, 5) is 2.28. The normalized spacial score (nSPS) is 22.5. The Balaban J connectivity index is 2.15. The average Bonchev–Trinajstić information content (AvgIpc) is 2.21. The molecule has 1 rings (SSSR count). The van der Waals surface area contributed by atoms with Crippen molar-refractivity contribution in [1.82, 2.24) is 4.90 Å². The van der Waals surface area contributed by atoms with Crippen molar-refractivity contribution in [2.24, 2.45) is 5.92 Å². The van der Waals surface area contributed by atoms with E-state index in [0.29, 0.717) is 18.3 Å². The summed E-state index contributed by atoms with van der Waals surface area (Å²) >= 11 is 5.55. The highest BCUT2D eigenvalue weighted by atomic mass is 35.5. The van der Waals surface area contributed by atoms with Crippen molar-refractivity contribution < 1.29 is 9.84 Å². The van der Waals surface area contributed by atoms with Gasteiger partial charge < -0.3 is 14.7 Å². The molecule has 14 heavy (non-hydrogen) atoms. The van der Waals surface area contributed by atoms with Crippen LogP contribution in [0.2, 0.25) is 0 Å². The summed E-state index contributed by atoms with van der Waals surface area (Å²) in [5.74, 6) is 1.03. The van der Waals surface area contributed by atoms with Crippen LogP contribution in [0.4, 0.5) is 0 Å². The first-order valence-electron chi connectivity index (χ1n) is 5.21. The number of aliphatic hydroxyl groups is 1. The summed E-state index contributed by atoms with van der Waals surface area (Å²) in [6.07, 6.45) is 1.96. The Kier molecular flexibility index (Phi) is 5.78. The van der Waals surface area contributed by atoms with E-state index < -0.39 is 0 Å². The second-order valence-electron chi connectivity index (χ2n) is 4.01. The van der Waals surface area contributed by atoms with Crippen LogP contribution in [0.25, 0.3) is 0 Å². The van der Waals surface area contributed by atoms with E-state index in [9.17, 15) is 5.11 Å². The summed E-state index contributed by atoms with van der Waals surface area (Å²) in [5, 5.41) is 9.38. The molecule has 1 aliphatic rings. The fraction of sp³-hybridized carbons (Fsp3) is 1.00. The number of hydrogen-bond donors (Lipinski definition) is 1. The Morgan fingerprint density at radius 3 is 2.64 bits per heavy atom. The fourth-order valence-electron chi connectivity index (χ4n) is 1.92. The topological polar surface area (TPSA) is 32.7 Å². The van der Waals surface area contributed by atoms with Crippen molar-refractivity contribution >= 4 is 11.6 Å². The number of aliphatic hydroxyl groups excluding tert-OH is 1. The zero-order chi connectivity index (χ0) is 10.4. The lowest BCUT2D eigenvalue weighted by Crippen LogP contribution is -2.40. The van der Waals surface area contributed by atoms with Gasteiger partial charge in [-0.25, -0.2) is 0 Å². The molecule has 4 heteroatoms. The number of alkyl halides is 1. The highest BCUT2D eigenvalue weighted by Crippen LogP contribution is 2.17. The molecule has 1 heterocycles. The first-order chi connectivity index (χ1) is 6.76. The number of nitrogens with zero attached hydrogens (tertiary/aromatic N) is 1. The zero-order valence-electron chi connectivity index (χ0n) is 8.79. The molecule has 0 saturated carbocycles. The van der Waals surface area contributed by atoms with Crippen LogP contribution in [0.3, 0.4) is 0 Å². The summed E-state index contributed by atoms with van der Waals surface area (Å²) in [6, 6.07) is 0. The van der Waals surface area contributed by atoms with Gasteiger partial charge in [-0.3, -0.25) is 0 Å². The molecule has 1 N–H and O–H groups in total. The first-order valence-corrected chi connectivity index (χ1v) is 5.75. The van der Waals surface area contributed by atoms with E-state index in [0.717, 1.165) is 19.7 Å². The summed E-state index contributed by atoms with van der Waals surface area (Å²) in [5.41, 5.74) is 0. The molecule has 1 unspecified atom stereocenters. The molecule has 0 aromatic carbocycles. The van der Waals surface area contributed by atoms with Gasteiger partial charge in [0.15, 0.2) is 0 Å². The quantitative estimate of drug-likeness (QED) is 0.702. The van der Waals surface area contributed by atoms with Crippen molar-refractivity contribution in [3.63, 3.8) is 0 Å². The van der Waals surface area contributed by atoms with Crippen molar-refractivity contribution in [2.75, 3.05) is 39.2 Å². The van der Waals surface area contributed by atoms with Gasteiger partial charge in [-0.2, -0.15) is 0 Å². The van der Waals surface area contributed by atoms with E-state index in [2.05, 4.69) is 4.90 Å². The largest absolute Gasteiger partial charge is 0.391 e. The lowest BCUT2D eigenvalue weighted by molar-refractivity contribution is 0.0727. The number of ether oxygens (including phenoxy) is 1. The second kappa shape index (κ2) is 6.62. The molecule has 1 saturated heterocycles. The lowest BCUT2D eigenvalue weighted by Gasteiger charge is -2.32. The van der Waals surface area contributed by atoms with E-state index in [1.54, 1.807) is 7.11 Å². The van der Waals surface area contributed by atoms with E-state index in [1.165, 1.54) is 12.8 Å². The first kappa shape index (κ1) is 12.2. The minimum atomic E-state index is -0.379. The molecule has 0 aliphatic carbocycles. The Morgan fingerprint density at radius 2 is 2.14 bits per heavy atom. The van der Waals surface area contributed by atoms with Crippen molar-refractivity contribution in [1.29, 1.82) is 0 Å². The molecule has 1 fully saturated rings. The predicted molar refractivity (Wildman–Crippen MR) is 57.8 cm³/mol. The van der Waals surface area contributed by atoms with Crippen molar-refractivity contribution in [2.45, 2.75) is 18.9 Å². The molecular weight excluding hydrogens is 202 g/mol. The molecule has 0 aromatic heterocycles. The number of piperidine rings is 1. The third-order valence-electron chi connectivity index (χ3n) is 2.76. The molecule has 0 radical (unpaired) electrons. The van der Waals surface area contributed by atoms with Gasteiger partial charge in [0.25, 0.3) is 0 Å². The minimum absolute atomic E-state index is 0.331. The van der Waals surface area contributed by atoms with Crippen LogP contribution in [0, 0.1) is 5.92 Å². The van der Waals surface area contributed by atoms with Crippen LogP contribution in [0.1, 0.15) is 12.8 Å². The van der Waals surface area contributed by atoms with Gasteiger partial charge in [0, 0.05) is 26.1 Å². The van der Waals surface area contributed by atoms with E-state index in [1.807, 2.05) is 0 Å². The Morgan fingerprint density at radius 1 is 1.50 bits per heavy atom. The van der Waals surface area contributed by atoms with E-state index >= 15 is 0 Å². The van der Waals surface area contributed by atoms with Gasteiger partial charge >= 0.3 is 0 Å². The molecule has 1 aliphatic heterocycles. The Hall–Kier alpha value is 0.170. The van der Waals surface area contributed by atoms with Crippen LogP contribution in [0.5, 0.6) is 0 Å². The van der Waals surface area contributed by atoms with Crippen molar-refractivity contribution in [3.05, 3.63) is 0 Å². The van der Waals surface area contributed by atoms with Crippen LogP contribution >= 0.6 is 11.6 Å². The summed E-state index contributed by atoms with van der Waals surface area (Å²) in [7, 11) is 1.75. The maximum absolute atomic E-state index is 9.38. The number of likely N-dealkylation sites (tertiary alicyclic amines) is 1. The van der Waals surface area contributed by atoms with Gasteiger partial charge in [-0.05, 0) is 31.8 Å². The van der Waals surface area contributed by atoms with Gasteiger partial charge in [-0.1, -0.05) is 0 Å². The average molecular weight is 222 g/mol. The molecule has 3 nitrogen and oxygen atoms in total.